The van der Waals surface area contributed by atoms with Crippen LogP contribution < -0.4 is 5.73 Å². The van der Waals surface area contributed by atoms with Gasteiger partial charge >= 0.3 is 0 Å². The molecule has 0 aromatic rings. The zero-order valence-corrected chi connectivity index (χ0v) is 5.60. The Kier molecular flexibility index (Phi) is 1.08. The zero-order chi connectivity index (χ0) is 6.32. The van der Waals surface area contributed by atoms with Crippen LogP contribution in [-0.4, -0.2) is 18.2 Å². The van der Waals surface area contributed by atoms with Crippen LogP contribution in [0.2, 0.25) is 0 Å². The number of rotatable bonds is 0. The summed E-state index contributed by atoms with van der Waals surface area (Å²) < 4.78 is 5.56. The molecule has 0 amide bonds. The molecule has 0 radical (unpaired) electrons. The van der Waals surface area contributed by atoms with Gasteiger partial charge in [-0.25, -0.2) is 0 Å². The molecular weight excluding hydrogens is 114 g/mol. The van der Waals surface area contributed by atoms with Crippen molar-refractivity contribution in [2.24, 2.45) is 5.73 Å². The lowest BCUT2D eigenvalue weighted by Gasteiger charge is -2.36. The second-order valence-electron chi connectivity index (χ2n) is 3.31. The molecule has 52 valence electrons. The van der Waals surface area contributed by atoms with Crippen LogP contribution in [-0.2, 0) is 4.74 Å². The summed E-state index contributed by atoms with van der Waals surface area (Å²) in [5.41, 5.74) is 5.96. The Labute approximate surface area is 55.4 Å². The predicted octanol–water partition coefficient (Wildman–Crippen LogP) is 0.657. The second-order valence-corrected chi connectivity index (χ2v) is 3.31. The van der Waals surface area contributed by atoms with E-state index < -0.39 is 0 Å². The first-order valence-electron chi connectivity index (χ1n) is 3.70. The normalized spacial score (nSPS) is 39.0. The Bertz CT molecular complexity index is 120. The molecule has 0 bridgehead atoms. The van der Waals surface area contributed by atoms with Crippen LogP contribution in [0.4, 0.5) is 0 Å². The molecule has 1 atom stereocenters. The van der Waals surface area contributed by atoms with Gasteiger partial charge in [-0.15, -0.1) is 0 Å². The van der Waals surface area contributed by atoms with E-state index in [9.17, 15) is 0 Å². The van der Waals surface area contributed by atoms with E-state index >= 15 is 0 Å². The van der Waals surface area contributed by atoms with Gasteiger partial charge in [-0.05, 0) is 25.7 Å². The van der Waals surface area contributed by atoms with E-state index in [0.717, 1.165) is 13.0 Å². The van der Waals surface area contributed by atoms with Gasteiger partial charge in [0.15, 0.2) is 0 Å². The van der Waals surface area contributed by atoms with E-state index in [1.165, 1.54) is 19.3 Å². The van der Waals surface area contributed by atoms with Crippen LogP contribution in [0.5, 0.6) is 0 Å². The molecule has 1 saturated heterocycles. The lowest BCUT2D eigenvalue weighted by Crippen LogP contribution is -2.36. The molecule has 9 heavy (non-hydrogen) atoms. The van der Waals surface area contributed by atoms with E-state index in [-0.39, 0.29) is 5.60 Å². The summed E-state index contributed by atoms with van der Waals surface area (Å²) in [5.74, 6) is 0. The summed E-state index contributed by atoms with van der Waals surface area (Å²) in [6.45, 7) is 0.792. The molecule has 1 saturated carbocycles. The summed E-state index contributed by atoms with van der Waals surface area (Å²) in [4.78, 5) is 0. The van der Waals surface area contributed by atoms with Gasteiger partial charge < -0.3 is 10.5 Å². The quantitative estimate of drug-likeness (QED) is 0.518. The Hall–Kier alpha value is -0.0800. The molecule has 0 aromatic carbocycles. The minimum Gasteiger partial charge on any atom is -0.373 e. The predicted molar refractivity (Wildman–Crippen MR) is 35.1 cm³/mol. The number of ether oxygens (including phenoxy) is 1. The SMILES string of the molecule is N[C@@H]1COC2(CCC2)C1. The average Bonchev–Trinajstić information content (AvgIpc) is 2.09. The highest BCUT2D eigenvalue weighted by molar-refractivity contribution is 4.96. The first kappa shape index (κ1) is 5.69. The Morgan fingerprint density at radius 1 is 1.44 bits per heavy atom. The second kappa shape index (κ2) is 1.70. The highest BCUT2D eigenvalue weighted by Gasteiger charge is 2.43. The largest absolute Gasteiger partial charge is 0.373 e. The molecule has 2 fully saturated rings. The average molecular weight is 127 g/mol. The smallest absolute Gasteiger partial charge is 0.0699 e. The van der Waals surface area contributed by atoms with Crippen molar-refractivity contribution in [2.45, 2.75) is 37.3 Å². The minimum atomic E-state index is 0.263. The van der Waals surface area contributed by atoms with E-state index in [1.54, 1.807) is 0 Å². The maximum Gasteiger partial charge on any atom is 0.0699 e. The van der Waals surface area contributed by atoms with Gasteiger partial charge in [0.1, 0.15) is 0 Å². The monoisotopic (exact) mass is 127 g/mol. The highest BCUT2D eigenvalue weighted by atomic mass is 16.5. The summed E-state index contributed by atoms with van der Waals surface area (Å²) >= 11 is 0. The Morgan fingerprint density at radius 3 is 2.44 bits per heavy atom. The molecule has 0 aromatic heterocycles. The fraction of sp³-hybridized carbons (Fsp3) is 1.00. The minimum absolute atomic E-state index is 0.263. The van der Waals surface area contributed by atoms with Crippen LogP contribution in [0.25, 0.3) is 0 Å². The summed E-state index contributed by atoms with van der Waals surface area (Å²) in [5, 5.41) is 0. The van der Waals surface area contributed by atoms with Crippen molar-refractivity contribution in [3.63, 3.8) is 0 Å². The van der Waals surface area contributed by atoms with Crippen molar-refractivity contribution in [1.82, 2.24) is 0 Å². The molecule has 1 heterocycles. The van der Waals surface area contributed by atoms with Gasteiger partial charge in [0.2, 0.25) is 0 Å². The Balaban J connectivity index is 1.99. The third kappa shape index (κ3) is 0.775. The summed E-state index contributed by atoms with van der Waals surface area (Å²) in [7, 11) is 0. The molecule has 2 heteroatoms. The van der Waals surface area contributed by atoms with Gasteiger partial charge in [0, 0.05) is 6.04 Å². The van der Waals surface area contributed by atoms with Crippen molar-refractivity contribution in [2.75, 3.05) is 6.61 Å². The fourth-order valence-corrected chi connectivity index (χ4v) is 1.80. The van der Waals surface area contributed by atoms with Crippen LogP contribution in [0, 0.1) is 0 Å². The number of hydrogen-bond donors (Lipinski definition) is 1. The lowest BCUT2D eigenvalue weighted by atomic mass is 9.78. The lowest BCUT2D eigenvalue weighted by molar-refractivity contribution is -0.0562. The summed E-state index contributed by atoms with van der Waals surface area (Å²) in [6, 6.07) is 0.324. The molecule has 0 unspecified atom stereocenters. The van der Waals surface area contributed by atoms with Crippen LogP contribution in [0.3, 0.4) is 0 Å². The molecule has 2 rings (SSSR count). The van der Waals surface area contributed by atoms with Crippen molar-refractivity contribution in [3.05, 3.63) is 0 Å². The van der Waals surface area contributed by atoms with Crippen LogP contribution in [0.15, 0.2) is 0 Å². The fourth-order valence-electron chi connectivity index (χ4n) is 1.80. The third-order valence-electron chi connectivity index (χ3n) is 2.50. The zero-order valence-electron chi connectivity index (χ0n) is 5.60. The molecule has 1 spiro atoms. The first-order chi connectivity index (χ1) is 4.31. The topological polar surface area (TPSA) is 35.2 Å². The van der Waals surface area contributed by atoms with Crippen molar-refractivity contribution < 1.29 is 4.74 Å². The first-order valence-corrected chi connectivity index (χ1v) is 3.70. The summed E-state index contributed by atoms with van der Waals surface area (Å²) in [6.07, 6.45) is 4.95. The highest BCUT2D eigenvalue weighted by Crippen LogP contribution is 2.42. The van der Waals surface area contributed by atoms with Gasteiger partial charge in [0.25, 0.3) is 0 Å². The molecule has 2 aliphatic rings. The maximum absolute atomic E-state index is 5.69. The van der Waals surface area contributed by atoms with E-state index in [4.69, 9.17) is 10.5 Å². The van der Waals surface area contributed by atoms with Crippen molar-refractivity contribution in [3.8, 4) is 0 Å². The number of nitrogens with two attached hydrogens (primary N) is 1. The molecule has 2 N–H and O–H groups in total. The van der Waals surface area contributed by atoms with Crippen molar-refractivity contribution >= 4 is 0 Å². The van der Waals surface area contributed by atoms with Gasteiger partial charge in [-0.3, -0.25) is 0 Å². The van der Waals surface area contributed by atoms with Crippen LogP contribution >= 0.6 is 0 Å². The van der Waals surface area contributed by atoms with Gasteiger partial charge in [0.05, 0.1) is 12.2 Å². The Morgan fingerprint density at radius 2 is 2.22 bits per heavy atom. The molecular formula is C7H13NO. The van der Waals surface area contributed by atoms with Gasteiger partial charge in [-0.1, -0.05) is 0 Å². The maximum atomic E-state index is 5.69. The van der Waals surface area contributed by atoms with E-state index in [2.05, 4.69) is 0 Å². The molecule has 1 aliphatic carbocycles. The standard InChI is InChI=1S/C7H13NO/c8-6-4-7(9-5-6)2-1-3-7/h6H,1-5,8H2/t6-/m0/s1. The van der Waals surface area contributed by atoms with Crippen LogP contribution in [0.1, 0.15) is 25.7 Å². The van der Waals surface area contributed by atoms with Gasteiger partial charge in [-0.2, -0.15) is 0 Å². The van der Waals surface area contributed by atoms with Crippen molar-refractivity contribution in [1.29, 1.82) is 0 Å². The van der Waals surface area contributed by atoms with E-state index in [1.807, 2.05) is 0 Å². The number of hydrogen-bond acceptors (Lipinski definition) is 2. The molecule has 2 nitrogen and oxygen atoms in total. The van der Waals surface area contributed by atoms with E-state index in [0.29, 0.717) is 6.04 Å². The molecule has 1 aliphatic heterocycles. The third-order valence-corrected chi connectivity index (χ3v) is 2.50.